The first kappa shape index (κ1) is 28.3. The first-order chi connectivity index (χ1) is 18.5. The van der Waals surface area contributed by atoms with Crippen LogP contribution < -0.4 is 5.73 Å². The van der Waals surface area contributed by atoms with Crippen LogP contribution in [0.5, 0.6) is 0 Å². The largest absolute Gasteiger partial charge is 0.458 e. The molecule has 0 spiro atoms. The van der Waals surface area contributed by atoms with Crippen molar-refractivity contribution in [1.82, 2.24) is 9.97 Å². The predicted molar refractivity (Wildman–Crippen MR) is 153 cm³/mol. The quantitative estimate of drug-likeness (QED) is 0.150. The zero-order valence-electron chi connectivity index (χ0n) is 22.4. The SMILES string of the molecule is CC(C)[C@@H]1CC[C@@H](C)C[C@H]1OC(=O)c1ccccc1N.O=S(=O)(O)c1ccc2[nH]c(-c3ccccc3)nc2c1. The number of benzene rings is 3. The van der Waals surface area contributed by atoms with E-state index < -0.39 is 10.1 Å². The van der Waals surface area contributed by atoms with Crippen molar-refractivity contribution in [3.05, 3.63) is 78.4 Å². The lowest BCUT2D eigenvalue weighted by atomic mass is 9.75. The van der Waals surface area contributed by atoms with E-state index in [0.29, 0.717) is 45.9 Å². The van der Waals surface area contributed by atoms with Gasteiger partial charge in [0.1, 0.15) is 11.9 Å². The van der Waals surface area contributed by atoms with Gasteiger partial charge in [-0.3, -0.25) is 4.55 Å². The highest BCUT2D eigenvalue weighted by molar-refractivity contribution is 7.85. The van der Waals surface area contributed by atoms with E-state index in [-0.39, 0.29) is 17.0 Å². The van der Waals surface area contributed by atoms with Crippen LogP contribution in [0.3, 0.4) is 0 Å². The molecule has 0 bridgehead atoms. The number of nitrogen functional groups attached to an aromatic ring is 1. The lowest BCUT2D eigenvalue weighted by Gasteiger charge is -2.36. The van der Waals surface area contributed by atoms with E-state index in [1.165, 1.54) is 18.6 Å². The lowest BCUT2D eigenvalue weighted by molar-refractivity contribution is -0.0173. The molecule has 9 heteroatoms. The van der Waals surface area contributed by atoms with Crippen molar-refractivity contribution in [1.29, 1.82) is 0 Å². The molecule has 1 saturated carbocycles. The molecule has 1 fully saturated rings. The van der Waals surface area contributed by atoms with E-state index in [0.717, 1.165) is 18.4 Å². The monoisotopic (exact) mass is 549 g/mol. The summed E-state index contributed by atoms with van der Waals surface area (Å²) in [5, 5.41) is 0. The standard InChI is InChI=1S/C17H25NO2.C13H10N2O3S/c1-11(2)13-9-8-12(3)10-16(13)20-17(19)14-6-4-5-7-15(14)18;16-19(17,18)10-6-7-11-12(8-10)15-13(14-11)9-4-2-1-3-5-9/h4-7,11-13,16H,8-10,18H2,1-3H3;1-8H,(H,14,15)(H,16,17,18)/t12-,13+,16-;/m1./s1. The molecule has 3 atom stereocenters. The number of nitrogens with one attached hydrogen (secondary N) is 1. The molecular formula is C30H35N3O5S. The summed E-state index contributed by atoms with van der Waals surface area (Å²) in [7, 11) is -4.20. The topological polar surface area (TPSA) is 135 Å². The molecule has 1 aromatic heterocycles. The summed E-state index contributed by atoms with van der Waals surface area (Å²) < 4.78 is 36.9. The van der Waals surface area contributed by atoms with Crippen molar-refractivity contribution >= 4 is 32.8 Å². The van der Waals surface area contributed by atoms with Crippen molar-refractivity contribution in [2.45, 2.75) is 51.0 Å². The van der Waals surface area contributed by atoms with E-state index in [1.807, 2.05) is 42.5 Å². The van der Waals surface area contributed by atoms with Crippen LogP contribution in [-0.2, 0) is 14.9 Å². The van der Waals surface area contributed by atoms with Crippen molar-refractivity contribution in [2.24, 2.45) is 17.8 Å². The number of ether oxygens (including phenoxy) is 1. The number of para-hydroxylation sites is 1. The summed E-state index contributed by atoms with van der Waals surface area (Å²) in [6, 6.07) is 20.9. The van der Waals surface area contributed by atoms with Gasteiger partial charge in [-0.15, -0.1) is 0 Å². The number of fused-ring (bicyclic) bond motifs is 1. The summed E-state index contributed by atoms with van der Waals surface area (Å²) in [5.74, 6) is 1.99. The fraction of sp³-hybridized carbons (Fsp3) is 0.333. The average molecular weight is 550 g/mol. The summed E-state index contributed by atoms with van der Waals surface area (Å²) in [6.07, 6.45) is 3.35. The maximum Gasteiger partial charge on any atom is 0.340 e. The van der Waals surface area contributed by atoms with Gasteiger partial charge in [-0.05, 0) is 60.9 Å². The Bertz CT molecular complexity index is 1530. The highest BCUT2D eigenvalue weighted by atomic mass is 32.2. The van der Waals surface area contributed by atoms with E-state index in [9.17, 15) is 13.2 Å². The highest BCUT2D eigenvalue weighted by Gasteiger charge is 2.33. The van der Waals surface area contributed by atoms with E-state index >= 15 is 0 Å². The molecule has 0 unspecified atom stereocenters. The van der Waals surface area contributed by atoms with E-state index in [1.54, 1.807) is 18.2 Å². The Hall–Kier alpha value is -3.69. The zero-order valence-corrected chi connectivity index (χ0v) is 23.2. The minimum absolute atomic E-state index is 0.0193. The smallest absolute Gasteiger partial charge is 0.340 e. The van der Waals surface area contributed by atoms with Crippen molar-refractivity contribution in [3.8, 4) is 11.4 Å². The molecular weight excluding hydrogens is 514 g/mol. The third-order valence-corrected chi connectivity index (χ3v) is 8.05. The van der Waals surface area contributed by atoms with Crippen LogP contribution in [0.15, 0.2) is 77.7 Å². The molecule has 3 aromatic carbocycles. The molecule has 4 N–H and O–H groups in total. The molecule has 0 radical (unpaired) electrons. The highest BCUT2D eigenvalue weighted by Crippen LogP contribution is 2.36. The van der Waals surface area contributed by atoms with E-state index in [2.05, 4.69) is 30.7 Å². The van der Waals surface area contributed by atoms with Crippen molar-refractivity contribution < 1.29 is 22.5 Å². The predicted octanol–water partition coefficient (Wildman–Crippen LogP) is 6.36. The second kappa shape index (κ2) is 12.0. The first-order valence-corrected chi connectivity index (χ1v) is 14.5. The molecule has 0 aliphatic heterocycles. The number of imidazole rings is 1. The van der Waals surface area contributed by atoms with Gasteiger partial charge in [0.2, 0.25) is 0 Å². The summed E-state index contributed by atoms with van der Waals surface area (Å²) in [5.41, 5.74) is 8.93. The third-order valence-electron chi connectivity index (χ3n) is 7.20. The van der Waals surface area contributed by atoms with Crippen molar-refractivity contribution in [3.63, 3.8) is 0 Å². The third kappa shape index (κ3) is 7.04. The fourth-order valence-corrected chi connectivity index (χ4v) is 5.51. The molecule has 1 aliphatic rings. The molecule has 5 rings (SSSR count). The Morgan fingerprint density at radius 1 is 1.05 bits per heavy atom. The average Bonchev–Trinajstić information content (AvgIpc) is 3.33. The number of rotatable bonds is 5. The minimum Gasteiger partial charge on any atom is -0.458 e. The van der Waals surface area contributed by atoms with Crippen LogP contribution in [-0.4, -0.2) is 35.0 Å². The van der Waals surface area contributed by atoms with Gasteiger partial charge in [0.15, 0.2) is 0 Å². The Labute approximate surface area is 229 Å². The molecule has 0 saturated heterocycles. The van der Waals surface area contributed by atoms with Crippen LogP contribution in [0.25, 0.3) is 22.4 Å². The Morgan fingerprint density at radius 2 is 1.74 bits per heavy atom. The number of anilines is 1. The minimum atomic E-state index is -4.20. The van der Waals surface area contributed by atoms with Gasteiger partial charge in [-0.2, -0.15) is 8.42 Å². The van der Waals surface area contributed by atoms with Crippen LogP contribution in [0.1, 0.15) is 50.4 Å². The normalized spacial score (nSPS) is 19.4. The van der Waals surface area contributed by atoms with E-state index in [4.69, 9.17) is 15.0 Å². The number of nitrogens with two attached hydrogens (primary N) is 1. The number of carbonyl (C=O) groups is 1. The number of H-pyrrole nitrogens is 1. The second-order valence-corrected chi connectivity index (χ2v) is 11.9. The van der Waals surface area contributed by atoms with Gasteiger partial charge in [-0.25, -0.2) is 9.78 Å². The molecule has 8 nitrogen and oxygen atoms in total. The number of carbonyl (C=O) groups excluding carboxylic acids is 1. The summed E-state index contributed by atoms with van der Waals surface area (Å²) in [4.78, 5) is 19.6. The van der Waals surface area contributed by atoms with Gasteiger partial charge in [0.05, 0.1) is 21.5 Å². The van der Waals surface area contributed by atoms with Gasteiger partial charge in [0, 0.05) is 11.3 Å². The Morgan fingerprint density at radius 3 is 2.41 bits per heavy atom. The lowest BCUT2D eigenvalue weighted by Crippen LogP contribution is -2.36. The Kier molecular flexibility index (Phi) is 8.72. The fourth-order valence-electron chi connectivity index (χ4n) is 5.01. The number of hydrogen-bond acceptors (Lipinski definition) is 6. The molecule has 206 valence electrons. The van der Waals surface area contributed by atoms with Gasteiger partial charge >= 0.3 is 5.97 Å². The second-order valence-electron chi connectivity index (χ2n) is 10.5. The number of aromatic nitrogens is 2. The molecule has 1 aliphatic carbocycles. The Balaban J connectivity index is 0.000000181. The number of esters is 1. The van der Waals surface area contributed by atoms with Gasteiger partial charge in [0.25, 0.3) is 10.1 Å². The zero-order chi connectivity index (χ0) is 28.2. The van der Waals surface area contributed by atoms with Gasteiger partial charge < -0.3 is 15.5 Å². The van der Waals surface area contributed by atoms with Crippen LogP contribution in [0.2, 0.25) is 0 Å². The summed E-state index contributed by atoms with van der Waals surface area (Å²) >= 11 is 0. The molecule has 4 aromatic rings. The van der Waals surface area contributed by atoms with Crippen molar-refractivity contribution in [2.75, 3.05) is 5.73 Å². The maximum absolute atomic E-state index is 12.3. The molecule has 0 amide bonds. The first-order valence-electron chi connectivity index (χ1n) is 13.1. The van der Waals surface area contributed by atoms with Crippen LogP contribution in [0.4, 0.5) is 5.69 Å². The number of hydrogen-bond donors (Lipinski definition) is 3. The molecule has 1 heterocycles. The maximum atomic E-state index is 12.3. The van der Waals surface area contributed by atoms with Crippen LogP contribution in [0, 0.1) is 17.8 Å². The van der Waals surface area contributed by atoms with Gasteiger partial charge in [-0.1, -0.05) is 69.7 Å². The number of nitrogens with zero attached hydrogens (tertiary/aromatic N) is 1. The molecule has 39 heavy (non-hydrogen) atoms. The number of aromatic amines is 1. The van der Waals surface area contributed by atoms with Crippen LogP contribution >= 0.6 is 0 Å². The summed E-state index contributed by atoms with van der Waals surface area (Å²) in [6.45, 7) is 6.64.